The Labute approximate surface area is 140 Å². The summed E-state index contributed by atoms with van der Waals surface area (Å²) < 4.78 is 19.3. The molecule has 0 bridgehead atoms. The van der Waals surface area contributed by atoms with Crippen molar-refractivity contribution in [3.05, 3.63) is 69.9 Å². The molecule has 2 aromatic carbocycles. The summed E-state index contributed by atoms with van der Waals surface area (Å²) in [6, 6.07) is 11.3. The van der Waals surface area contributed by atoms with Gasteiger partial charge in [-0.2, -0.15) is 0 Å². The van der Waals surface area contributed by atoms with Crippen LogP contribution in [-0.4, -0.2) is 17.2 Å². The molecule has 1 atom stereocenters. The lowest BCUT2D eigenvalue weighted by Crippen LogP contribution is -2.34. The second kappa shape index (κ2) is 7.73. The molecule has 0 saturated carbocycles. The molecule has 7 heteroatoms. The number of alkyl carbamates (subject to hydrolysis) is 1. The summed E-state index contributed by atoms with van der Waals surface area (Å²) in [5.41, 5.74) is 0.599. The molecular weight excluding hydrogens is 369 g/mol. The second-order valence-electron chi connectivity index (χ2n) is 4.64. The molecule has 0 aliphatic heterocycles. The summed E-state index contributed by atoms with van der Waals surface area (Å²) in [5, 5.41) is 11.4. The van der Waals surface area contributed by atoms with E-state index in [0.29, 0.717) is 4.47 Å². The van der Waals surface area contributed by atoms with Gasteiger partial charge in [0.25, 0.3) is 0 Å². The first kappa shape index (κ1) is 17.0. The van der Waals surface area contributed by atoms with Crippen LogP contribution >= 0.6 is 15.9 Å². The number of amides is 1. The molecule has 0 aliphatic rings. The van der Waals surface area contributed by atoms with E-state index in [1.165, 1.54) is 12.1 Å². The van der Waals surface area contributed by atoms with Crippen LogP contribution in [0.4, 0.5) is 9.18 Å². The number of halogens is 2. The van der Waals surface area contributed by atoms with Crippen molar-refractivity contribution in [2.45, 2.75) is 12.6 Å². The van der Waals surface area contributed by atoms with Crippen LogP contribution in [0.5, 0.6) is 0 Å². The lowest BCUT2D eigenvalue weighted by atomic mass is 10.1. The highest BCUT2D eigenvalue weighted by molar-refractivity contribution is 9.10. The molecule has 0 aromatic heterocycles. The highest BCUT2D eigenvalue weighted by Crippen LogP contribution is 2.21. The van der Waals surface area contributed by atoms with Gasteiger partial charge in [-0.25, -0.2) is 14.0 Å². The van der Waals surface area contributed by atoms with Gasteiger partial charge in [-0.15, -0.1) is 0 Å². The number of benzene rings is 2. The molecule has 23 heavy (non-hydrogen) atoms. The van der Waals surface area contributed by atoms with Gasteiger partial charge in [0.05, 0.1) is 0 Å². The predicted octanol–water partition coefficient (Wildman–Crippen LogP) is 3.64. The third-order valence-electron chi connectivity index (χ3n) is 3.00. The maximum atomic E-state index is 13.9. The molecule has 0 saturated heterocycles. The monoisotopic (exact) mass is 381 g/mol. The van der Waals surface area contributed by atoms with Crippen LogP contribution in [0.25, 0.3) is 0 Å². The molecule has 0 fully saturated rings. The zero-order chi connectivity index (χ0) is 16.8. The molecule has 2 rings (SSSR count). The molecule has 120 valence electrons. The number of aliphatic carboxylic acids is 1. The Bertz CT molecular complexity index is 708. The number of carboxylic acid groups (broad SMARTS) is 1. The number of hydrogen-bond acceptors (Lipinski definition) is 3. The molecule has 0 heterocycles. The molecule has 1 amide bonds. The van der Waals surface area contributed by atoms with E-state index in [1.807, 2.05) is 6.07 Å². The van der Waals surface area contributed by atoms with Crippen LogP contribution in [0.15, 0.2) is 53.0 Å². The quantitative estimate of drug-likeness (QED) is 0.828. The van der Waals surface area contributed by atoms with E-state index in [1.54, 1.807) is 24.3 Å². The Kier molecular flexibility index (Phi) is 5.70. The Hall–Kier alpha value is -2.41. The highest BCUT2D eigenvalue weighted by atomic mass is 79.9. The first-order chi connectivity index (χ1) is 11.0. The fraction of sp³-hybridized carbons (Fsp3) is 0.125. The van der Waals surface area contributed by atoms with E-state index in [-0.39, 0.29) is 12.2 Å². The van der Waals surface area contributed by atoms with E-state index in [9.17, 15) is 19.1 Å². The number of carboxylic acids is 1. The van der Waals surface area contributed by atoms with Crippen LogP contribution in [0.1, 0.15) is 17.2 Å². The van der Waals surface area contributed by atoms with Gasteiger partial charge in [-0.05, 0) is 17.7 Å². The average Bonchev–Trinajstić information content (AvgIpc) is 2.52. The van der Waals surface area contributed by atoms with Gasteiger partial charge < -0.3 is 15.2 Å². The van der Waals surface area contributed by atoms with Gasteiger partial charge >= 0.3 is 12.1 Å². The summed E-state index contributed by atoms with van der Waals surface area (Å²) >= 11 is 3.08. The molecular formula is C16H13BrFNO4. The van der Waals surface area contributed by atoms with Crippen molar-refractivity contribution in [2.24, 2.45) is 0 Å². The Balaban J connectivity index is 2.04. The average molecular weight is 382 g/mol. The molecule has 2 N–H and O–H groups in total. The predicted molar refractivity (Wildman–Crippen MR) is 84.2 cm³/mol. The molecule has 0 unspecified atom stereocenters. The minimum atomic E-state index is -1.54. The summed E-state index contributed by atoms with van der Waals surface area (Å²) in [7, 11) is 0. The van der Waals surface area contributed by atoms with Crippen LogP contribution in [0, 0.1) is 5.82 Å². The number of hydrogen-bond donors (Lipinski definition) is 2. The van der Waals surface area contributed by atoms with Crippen LogP contribution in [0.3, 0.4) is 0 Å². The number of ether oxygens (including phenoxy) is 1. The second-order valence-corrected chi connectivity index (χ2v) is 5.56. The lowest BCUT2D eigenvalue weighted by Gasteiger charge is -2.16. The third-order valence-corrected chi connectivity index (χ3v) is 3.49. The number of carbonyl (C=O) groups excluding carboxylic acids is 1. The summed E-state index contributed by atoms with van der Waals surface area (Å²) in [6.45, 7) is -0.0121. The van der Waals surface area contributed by atoms with Crippen molar-refractivity contribution in [3.8, 4) is 0 Å². The van der Waals surface area contributed by atoms with Crippen molar-refractivity contribution >= 4 is 28.0 Å². The Morgan fingerprint density at radius 2 is 1.91 bits per heavy atom. The molecule has 0 radical (unpaired) electrons. The molecule has 5 nitrogen and oxygen atoms in total. The first-order valence-corrected chi connectivity index (χ1v) is 7.41. The largest absolute Gasteiger partial charge is 0.479 e. The number of nitrogens with one attached hydrogen (secondary N) is 1. The van der Waals surface area contributed by atoms with Crippen LogP contribution in [0.2, 0.25) is 0 Å². The summed E-state index contributed by atoms with van der Waals surface area (Å²) in [6.07, 6.45) is -0.941. The smallest absolute Gasteiger partial charge is 0.408 e. The van der Waals surface area contributed by atoms with Crippen molar-refractivity contribution in [3.63, 3.8) is 0 Å². The van der Waals surface area contributed by atoms with Crippen LogP contribution < -0.4 is 5.32 Å². The minimum Gasteiger partial charge on any atom is -0.479 e. The standard InChI is InChI=1S/C16H13BrFNO4/c17-11-6-7-12(13(18)8-11)14(15(20)21)19-16(22)23-9-10-4-2-1-3-5-10/h1-8,14H,9H2,(H,19,22)(H,20,21)/t14-/m0/s1. The molecule has 2 aromatic rings. The molecule has 0 spiro atoms. The SMILES string of the molecule is O=C(N[C@H](C(=O)O)c1ccc(Br)cc1F)OCc1ccccc1. The zero-order valence-corrected chi connectivity index (χ0v) is 13.4. The molecule has 0 aliphatic carbocycles. The first-order valence-electron chi connectivity index (χ1n) is 6.62. The van der Waals surface area contributed by atoms with Gasteiger partial charge in [0.1, 0.15) is 12.4 Å². The van der Waals surface area contributed by atoms with E-state index >= 15 is 0 Å². The minimum absolute atomic E-state index is 0.0121. The normalized spacial score (nSPS) is 11.6. The fourth-order valence-electron chi connectivity index (χ4n) is 1.89. The maximum absolute atomic E-state index is 13.9. The number of rotatable bonds is 5. The third kappa shape index (κ3) is 4.79. The van der Waals surface area contributed by atoms with E-state index < -0.39 is 23.9 Å². The number of carbonyl (C=O) groups is 2. The summed E-state index contributed by atoms with van der Waals surface area (Å²) in [5.74, 6) is -2.13. The Morgan fingerprint density at radius 1 is 1.22 bits per heavy atom. The highest BCUT2D eigenvalue weighted by Gasteiger charge is 2.25. The van der Waals surface area contributed by atoms with Crippen molar-refractivity contribution in [1.82, 2.24) is 5.32 Å². The maximum Gasteiger partial charge on any atom is 0.408 e. The van der Waals surface area contributed by atoms with E-state index in [2.05, 4.69) is 21.2 Å². The van der Waals surface area contributed by atoms with Gasteiger partial charge in [-0.1, -0.05) is 52.3 Å². The van der Waals surface area contributed by atoms with Crippen molar-refractivity contribution in [1.29, 1.82) is 0 Å². The summed E-state index contributed by atoms with van der Waals surface area (Å²) in [4.78, 5) is 23.1. The van der Waals surface area contributed by atoms with Gasteiger partial charge in [0.15, 0.2) is 6.04 Å². The lowest BCUT2D eigenvalue weighted by molar-refractivity contribution is -0.139. The van der Waals surface area contributed by atoms with E-state index in [4.69, 9.17) is 4.74 Å². The van der Waals surface area contributed by atoms with Crippen LogP contribution in [-0.2, 0) is 16.1 Å². The van der Waals surface area contributed by atoms with Gasteiger partial charge in [0, 0.05) is 10.0 Å². The van der Waals surface area contributed by atoms with Gasteiger partial charge in [0.2, 0.25) is 0 Å². The van der Waals surface area contributed by atoms with Crippen molar-refractivity contribution < 1.29 is 23.8 Å². The van der Waals surface area contributed by atoms with E-state index in [0.717, 1.165) is 11.6 Å². The Morgan fingerprint density at radius 3 is 2.52 bits per heavy atom. The topological polar surface area (TPSA) is 75.6 Å². The van der Waals surface area contributed by atoms with Gasteiger partial charge in [-0.3, -0.25) is 0 Å². The fourth-order valence-corrected chi connectivity index (χ4v) is 2.22. The zero-order valence-electron chi connectivity index (χ0n) is 11.8. The van der Waals surface area contributed by atoms with Crippen molar-refractivity contribution in [2.75, 3.05) is 0 Å².